The summed E-state index contributed by atoms with van der Waals surface area (Å²) in [6, 6.07) is 12.5. The number of alkyl halides is 3. The predicted molar refractivity (Wildman–Crippen MR) is 153 cm³/mol. The first-order valence-corrected chi connectivity index (χ1v) is 14.7. The number of hydrogen-bond acceptors (Lipinski definition) is 7. The van der Waals surface area contributed by atoms with Crippen LogP contribution in [0.2, 0.25) is 0 Å². The summed E-state index contributed by atoms with van der Waals surface area (Å²) in [4.78, 5) is 20.2. The molecule has 0 aliphatic carbocycles. The first-order valence-electron chi connectivity index (χ1n) is 12.4. The van der Waals surface area contributed by atoms with E-state index < -0.39 is 39.7 Å². The molecular formula is C27H28F3N5O5S2. The van der Waals surface area contributed by atoms with E-state index in [1.165, 1.54) is 24.4 Å². The topological polar surface area (TPSA) is 154 Å². The number of benzene rings is 1. The van der Waals surface area contributed by atoms with Gasteiger partial charge in [-0.25, -0.2) is 9.78 Å². The SMILES string of the molecule is CC(C)(C)NS(=O)(=O)N[C@@H](c1cccc(NC(=O)O)n1)c1cc2cccc(-c3cc(C(C)(O)C(F)(F)F)ccn3)c2s1. The smallest absolute Gasteiger partial charge is 0.421 e. The number of carbonyl (C=O) groups is 1. The maximum Gasteiger partial charge on any atom is 0.421 e. The summed E-state index contributed by atoms with van der Waals surface area (Å²) in [5, 5.41) is 22.1. The molecule has 0 spiro atoms. The monoisotopic (exact) mass is 623 g/mol. The van der Waals surface area contributed by atoms with Gasteiger partial charge in [-0.3, -0.25) is 10.3 Å². The molecule has 1 aromatic carbocycles. The van der Waals surface area contributed by atoms with E-state index in [0.717, 1.165) is 23.5 Å². The van der Waals surface area contributed by atoms with Crippen molar-refractivity contribution in [1.82, 2.24) is 19.4 Å². The molecule has 42 heavy (non-hydrogen) atoms. The lowest BCUT2D eigenvalue weighted by molar-refractivity contribution is -0.258. The molecule has 224 valence electrons. The van der Waals surface area contributed by atoms with Crippen molar-refractivity contribution in [2.45, 2.75) is 51.1 Å². The van der Waals surface area contributed by atoms with E-state index in [-0.39, 0.29) is 22.8 Å². The highest BCUT2D eigenvalue weighted by Gasteiger charge is 2.51. The van der Waals surface area contributed by atoms with E-state index in [0.29, 0.717) is 27.5 Å². The van der Waals surface area contributed by atoms with Gasteiger partial charge in [0.15, 0.2) is 5.60 Å². The number of thiophene rings is 1. The van der Waals surface area contributed by atoms with Gasteiger partial charge in [0.05, 0.1) is 17.4 Å². The summed E-state index contributed by atoms with van der Waals surface area (Å²) in [7, 11) is -4.12. The predicted octanol–water partition coefficient (Wildman–Crippen LogP) is 5.53. The van der Waals surface area contributed by atoms with Crippen LogP contribution in [0.3, 0.4) is 0 Å². The van der Waals surface area contributed by atoms with E-state index in [4.69, 9.17) is 5.11 Å². The third kappa shape index (κ3) is 7.04. The van der Waals surface area contributed by atoms with Crippen LogP contribution in [0, 0.1) is 0 Å². The molecule has 0 bridgehead atoms. The molecule has 2 atom stereocenters. The molecular weight excluding hydrogens is 595 g/mol. The Morgan fingerprint density at radius 1 is 1.02 bits per heavy atom. The second kappa shape index (κ2) is 11.2. The molecule has 3 heterocycles. The third-order valence-corrected chi connectivity index (χ3v) is 8.69. The van der Waals surface area contributed by atoms with E-state index >= 15 is 0 Å². The van der Waals surface area contributed by atoms with Crippen LogP contribution in [0.15, 0.2) is 60.8 Å². The van der Waals surface area contributed by atoms with Gasteiger partial charge in [0, 0.05) is 26.9 Å². The van der Waals surface area contributed by atoms with Gasteiger partial charge in [-0.2, -0.15) is 31.0 Å². The average molecular weight is 624 g/mol. The summed E-state index contributed by atoms with van der Waals surface area (Å²) in [5.41, 5.74) is -3.49. The van der Waals surface area contributed by atoms with Crippen LogP contribution in [0.25, 0.3) is 21.3 Å². The summed E-state index contributed by atoms with van der Waals surface area (Å²) in [6.45, 7) is 5.66. The zero-order valence-electron chi connectivity index (χ0n) is 22.8. The zero-order chi connectivity index (χ0) is 31.1. The van der Waals surface area contributed by atoms with Gasteiger partial charge in [0.1, 0.15) is 5.82 Å². The van der Waals surface area contributed by atoms with E-state index in [1.54, 1.807) is 45.0 Å². The number of amides is 1. The number of nitrogens with one attached hydrogen (secondary N) is 3. The molecule has 4 rings (SSSR count). The van der Waals surface area contributed by atoms with Crippen molar-refractivity contribution in [2.24, 2.45) is 0 Å². The Bertz CT molecular complexity index is 1730. The Morgan fingerprint density at radius 3 is 2.36 bits per heavy atom. The molecule has 3 aromatic heterocycles. The fraction of sp³-hybridized carbons (Fsp3) is 0.296. The fourth-order valence-corrected chi connectivity index (χ4v) is 6.86. The fourth-order valence-electron chi connectivity index (χ4n) is 4.11. The molecule has 0 saturated carbocycles. The number of rotatable bonds is 8. The van der Waals surface area contributed by atoms with Crippen molar-refractivity contribution in [3.05, 3.63) is 76.9 Å². The van der Waals surface area contributed by atoms with Crippen LogP contribution in [0.5, 0.6) is 0 Å². The van der Waals surface area contributed by atoms with Crippen LogP contribution < -0.4 is 14.8 Å². The normalized spacial score (nSPS) is 14.9. The Balaban J connectivity index is 1.85. The first-order chi connectivity index (χ1) is 19.4. The molecule has 0 aliphatic heterocycles. The van der Waals surface area contributed by atoms with Crippen LogP contribution in [-0.4, -0.2) is 46.4 Å². The van der Waals surface area contributed by atoms with E-state index in [1.807, 2.05) is 0 Å². The Morgan fingerprint density at radius 2 is 1.71 bits per heavy atom. The van der Waals surface area contributed by atoms with E-state index in [2.05, 4.69) is 24.7 Å². The number of anilines is 1. The van der Waals surface area contributed by atoms with E-state index in [9.17, 15) is 31.5 Å². The summed E-state index contributed by atoms with van der Waals surface area (Å²) < 4.78 is 72.5. The number of hydrogen-bond donors (Lipinski definition) is 5. The van der Waals surface area contributed by atoms with Crippen molar-refractivity contribution < 1.29 is 36.6 Å². The lowest BCUT2D eigenvalue weighted by Crippen LogP contribution is -2.48. The Labute approximate surface area is 243 Å². The second-order valence-electron chi connectivity index (χ2n) is 10.7. The number of halogens is 3. The molecule has 1 amide bonds. The highest BCUT2D eigenvalue weighted by atomic mass is 32.2. The minimum absolute atomic E-state index is 0.0208. The van der Waals surface area contributed by atoms with Gasteiger partial charge >= 0.3 is 12.3 Å². The van der Waals surface area contributed by atoms with Crippen LogP contribution in [0.4, 0.5) is 23.8 Å². The summed E-state index contributed by atoms with van der Waals surface area (Å²) in [5.74, 6) is -0.0208. The van der Waals surface area contributed by atoms with Gasteiger partial charge in [-0.1, -0.05) is 24.3 Å². The van der Waals surface area contributed by atoms with Crippen LogP contribution in [-0.2, 0) is 15.8 Å². The van der Waals surface area contributed by atoms with Gasteiger partial charge in [0.25, 0.3) is 10.2 Å². The quantitative estimate of drug-likeness (QED) is 0.173. The maximum absolute atomic E-state index is 13.5. The molecule has 0 saturated heterocycles. The van der Waals surface area contributed by atoms with Crippen molar-refractivity contribution in [3.63, 3.8) is 0 Å². The molecule has 10 nitrogen and oxygen atoms in total. The lowest BCUT2D eigenvalue weighted by atomic mass is 9.94. The van der Waals surface area contributed by atoms with Crippen LogP contribution in [0.1, 0.15) is 49.9 Å². The number of pyridine rings is 2. The standard InChI is InChI=1S/C27H28F3N5O5S2/c1-25(2,3)35-42(39,40)34-22(18-9-6-10-21(32-18)33-24(36)37)20-13-15-7-5-8-17(23(15)41-20)19-14-16(11-12-31-19)26(4,38)27(28,29)30/h5-14,22,34-35,38H,1-4H3,(H,32,33)(H,36,37)/t22-,26?/m0/s1. The van der Waals surface area contributed by atoms with Crippen molar-refractivity contribution in [3.8, 4) is 11.3 Å². The number of carboxylic acid groups (broad SMARTS) is 1. The molecule has 1 unspecified atom stereocenters. The Hall–Kier alpha value is -3.63. The van der Waals surface area contributed by atoms with Gasteiger partial charge in [-0.05, 0) is 69.0 Å². The number of nitrogens with zero attached hydrogens (tertiary/aromatic N) is 2. The zero-order valence-corrected chi connectivity index (χ0v) is 24.4. The molecule has 0 aliphatic rings. The van der Waals surface area contributed by atoms with Gasteiger partial charge < -0.3 is 10.2 Å². The highest BCUT2D eigenvalue weighted by Crippen LogP contribution is 2.42. The third-order valence-electron chi connectivity index (χ3n) is 6.01. The minimum Gasteiger partial charge on any atom is -0.465 e. The molecule has 5 N–H and O–H groups in total. The molecule has 0 radical (unpaired) electrons. The minimum atomic E-state index is -4.92. The highest BCUT2D eigenvalue weighted by molar-refractivity contribution is 7.87. The number of fused-ring (bicyclic) bond motifs is 1. The molecule has 0 fully saturated rings. The average Bonchev–Trinajstić information content (AvgIpc) is 3.29. The largest absolute Gasteiger partial charge is 0.465 e. The van der Waals surface area contributed by atoms with Crippen molar-refractivity contribution >= 4 is 43.5 Å². The maximum atomic E-state index is 13.5. The second-order valence-corrected chi connectivity index (χ2v) is 13.2. The van der Waals surface area contributed by atoms with Gasteiger partial charge in [0.2, 0.25) is 0 Å². The van der Waals surface area contributed by atoms with Crippen LogP contribution >= 0.6 is 11.3 Å². The summed E-state index contributed by atoms with van der Waals surface area (Å²) >= 11 is 1.16. The van der Waals surface area contributed by atoms with Gasteiger partial charge in [-0.15, -0.1) is 11.3 Å². The molecule has 15 heteroatoms. The lowest BCUT2D eigenvalue weighted by Gasteiger charge is -2.26. The molecule has 4 aromatic rings. The van der Waals surface area contributed by atoms with Crippen molar-refractivity contribution in [1.29, 1.82) is 0 Å². The number of aromatic nitrogens is 2. The summed E-state index contributed by atoms with van der Waals surface area (Å²) in [6.07, 6.45) is -5.09. The number of aliphatic hydroxyl groups is 1. The van der Waals surface area contributed by atoms with Crippen molar-refractivity contribution in [2.75, 3.05) is 5.32 Å². The first kappa shape index (κ1) is 31.3. The Kier molecular flexibility index (Phi) is 8.37.